The van der Waals surface area contributed by atoms with Crippen molar-refractivity contribution >= 4 is 109 Å². The molecule has 0 unspecified atom stereocenters. The molecule has 0 spiro atoms. The lowest BCUT2D eigenvalue weighted by Crippen LogP contribution is -2.01. The lowest BCUT2D eigenvalue weighted by molar-refractivity contribution is 0.668. The monoisotopic (exact) mass is 1850 g/mol. The Bertz CT molecular complexity index is 9710. The van der Waals surface area contributed by atoms with Crippen LogP contribution in [0.15, 0.2) is 517 Å². The van der Waals surface area contributed by atoms with Crippen LogP contribution in [0.4, 0.5) is 0 Å². The van der Waals surface area contributed by atoms with E-state index < -0.39 is 0 Å². The predicted octanol–water partition coefficient (Wildman–Crippen LogP) is 34.9. The molecule has 0 bridgehead atoms. The molecule has 0 fully saturated rings. The summed E-state index contributed by atoms with van der Waals surface area (Å²) in [6, 6.07) is 174. The summed E-state index contributed by atoms with van der Waals surface area (Å²) in [5, 5.41) is 15.7. The molecule has 0 aliphatic heterocycles. The minimum absolute atomic E-state index is 0.625. The molecular weight excluding hydrogens is 1770 g/mol. The van der Waals surface area contributed by atoms with Crippen LogP contribution in [-0.4, -0.2) is 44.9 Å². The zero-order valence-corrected chi connectivity index (χ0v) is 78.2. The summed E-state index contributed by atoms with van der Waals surface area (Å²) < 4.78 is 18.7. The van der Waals surface area contributed by atoms with Crippen molar-refractivity contribution in [2.45, 2.75) is 0 Å². The molecule has 12 heteroatoms. The number of nitrogens with zero attached hydrogens (tertiary/aromatic N) is 9. The molecule has 0 saturated carbocycles. The molecule has 145 heavy (non-hydrogen) atoms. The zero-order chi connectivity index (χ0) is 96.0. The van der Waals surface area contributed by atoms with Gasteiger partial charge in [0.15, 0.2) is 52.4 Å². The first-order valence-electron chi connectivity index (χ1n) is 48.5. The molecule has 678 valence electrons. The minimum atomic E-state index is 0.625. The van der Waals surface area contributed by atoms with Gasteiger partial charge >= 0.3 is 0 Å². The summed E-state index contributed by atoms with van der Waals surface area (Å²) >= 11 is 0. The molecule has 0 atom stereocenters. The van der Waals surface area contributed by atoms with E-state index in [0.29, 0.717) is 52.4 Å². The van der Waals surface area contributed by atoms with Crippen molar-refractivity contribution in [2.75, 3.05) is 0 Å². The molecule has 6 aromatic heterocycles. The topological polar surface area (TPSA) is 155 Å². The van der Waals surface area contributed by atoms with Gasteiger partial charge < -0.3 is 13.3 Å². The van der Waals surface area contributed by atoms with Gasteiger partial charge in [0.25, 0.3) is 0 Å². The normalized spacial score (nSPS) is 11.4. The van der Waals surface area contributed by atoms with Crippen molar-refractivity contribution < 1.29 is 13.3 Å². The third kappa shape index (κ3) is 16.6. The van der Waals surface area contributed by atoms with E-state index in [4.69, 9.17) is 58.1 Å². The number of furan rings is 3. The van der Waals surface area contributed by atoms with Gasteiger partial charge in [-0.05, 0) is 183 Å². The second-order valence-corrected chi connectivity index (χ2v) is 36.1. The molecule has 12 nitrogen and oxygen atoms in total. The smallest absolute Gasteiger partial charge is 0.164 e. The van der Waals surface area contributed by atoms with Crippen LogP contribution in [0.1, 0.15) is 0 Å². The van der Waals surface area contributed by atoms with Gasteiger partial charge in [0.2, 0.25) is 0 Å². The Morgan fingerprint density at radius 3 is 0.855 bits per heavy atom. The van der Waals surface area contributed by atoms with E-state index >= 15 is 0 Å². The Kier molecular flexibility index (Phi) is 22.0. The fraction of sp³-hybridized carbons (Fsp3) is 0. The average Bonchev–Trinajstić information content (AvgIpc) is 1.05. The van der Waals surface area contributed by atoms with E-state index in [2.05, 4.69) is 382 Å². The number of benzene rings is 22. The number of hydrogen-bond donors (Lipinski definition) is 0. The Morgan fingerprint density at radius 2 is 0.393 bits per heavy atom. The second kappa shape index (κ2) is 37.2. The first-order valence-corrected chi connectivity index (χ1v) is 48.5. The fourth-order valence-electron chi connectivity index (χ4n) is 20.0. The van der Waals surface area contributed by atoms with Gasteiger partial charge in [-0.15, -0.1) is 0 Å². The highest BCUT2D eigenvalue weighted by molar-refractivity contribution is 6.18. The Morgan fingerprint density at radius 1 is 0.110 bits per heavy atom. The lowest BCUT2D eigenvalue weighted by Gasteiger charge is -2.14. The molecule has 0 radical (unpaired) electrons. The Labute approximate surface area is 834 Å². The van der Waals surface area contributed by atoms with Gasteiger partial charge in [0, 0.05) is 82.4 Å². The molecule has 28 aromatic rings. The molecule has 0 amide bonds. The number of aromatic nitrogens is 9. The van der Waals surface area contributed by atoms with E-state index in [0.717, 1.165) is 204 Å². The summed E-state index contributed by atoms with van der Waals surface area (Å²) in [7, 11) is 0. The molecule has 22 aromatic carbocycles. The summed E-state index contributed by atoms with van der Waals surface area (Å²) in [4.78, 5) is 45.4. The van der Waals surface area contributed by atoms with Crippen LogP contribution in [0.5, 0.6) is 0 Å². The van der Waals surface area contributed by atoms with Crippen LogP contribution >= 0.6 is 0 Å². The Hall–Kier alpha value is -19.7. The SMILES string of the molecule is c1ccc(-c2ccc(-c3nc(-c4ccccc4)nc(-c4ccc(-c5cc(-c6ccccc6)cc6oc7ccccc7c56)cc4)n3)cc2)cc1.c1ccc(-c2ccc(-c3nc(-c4ccccc4)nc(-c4ccc(-c5cccc6oc7ccccc7c56)c5ccccc45)n3)cc2)cc1.c1ccc2cc(-c3nc(-c4ccc5ccccc5c4)nc(-c4ccc(-c5ccc6oc7ccccc7c6c5)c5ccccc45)n3)ccc2c1. The average molecular weight is 1860 g/mol. The van der Waals surface area contributed by atoms with Gasteiger partial charge in [-0.2, -0.15) is 0 Å². The van der Waals surface area contributed by atoms with E-state index in [1.165, 1.54) is 21.9 Å². The molecule has 0 N–H and O–H groups in total. The van der Waals surface area contributed by atoms with Crippen molar-refractivity contribution in [1.29, 1.82) is 0 Å². The van der Waals surface area contributed by atoms with Crippen molar-refractivity contribution in [1.82, 2.24) is 44.9 Å². The molecule has 0 aliphatic carbocycles. The lowest BCUT2D eigenvalue weighted by atomic mass is 9.92. The third-order valence-electron chi connectivity index (χ3n) is 27.2. The van der Waals surface area contributed by atoms with Crippen LogP contribution in [0.2, 0.25) is 0 Å². The zero-order valence-electron chi connectivity index (χ0n) is 78.2. The van der Waals surface area contributed by atoms with Crippen molar-refractivity contribution in [3.05, 3.63) is 504 Å². The van der Waals surface area contributed by atoms with Crippen LogP contribution in [-0.2, 0) is 0 Å². The van der Waals surface area contributed by atoms with Crippen LogP contribution in [0, 0.1) is 0 Å². The summed E-state index contributed by atoms with van der Waals surface area (Å²) in [6.07, 6.45) is 0. The Balaban J connectivity index is 0.000000111. The van der Waals surface area contributed by atoms with Gasteiger partial charge in [-0.25, -0.2) is 44.9 Å². The van der Waals surface area contributed by atoms with Crippen molar-refractivity contribution in [2.24, 2.45) is 0 Å². The number of hydrogen-bond acceptors (Lipinski definition) is 12. The highest BCUT2D eigenvalue weighted by atomic mass is 16.3. The maximum absolute atomic E-state index is 6.39. The highest BCUT2D eigenvalue weighted by Gasteiger charge is 2.25. The van der Waals surface area contributed by atoms with Crippen LogP contribution < -0.4 is 0 Å². The van der Waals surface area contributed by atoms with E-state index in [9.17, 15) is 0 Å². The summed E-state index contributed by atoms with van der Waals surface area (Å²) in [6.45, 7) is 0. The van der Waals surface area contributed by atoms with Crippen molar-refractivity contribution in [3.63, 3.8) is 0 Å². The van der Waals surface area contributed by atoms with Crippen molar-refractivity contribution in [3.8, 4) is 169 Å². The number of para-hydroxylation sites is 3. The molecule has 0 aliphatic rings. The fourth-order valence-corrected chi connectivity index (χ4v) is 20.0. The van der Waals surface area contributed by atoms with Gasteiger partial charge in [-0.3, -0.25) is 0 Å². The number of fused-ring (bicyclic) bond motifs is 13. The number of rotatable bonds is 15. The van der Waals surface area contributed by atoms with E-state index in [-0.39, 0.29) is 0 Å². The molecule has 0 saturated heterocycles. The quantitative estimate of drug-likeness (QED) is 0.0959. The van der Waals surface area contributed by atoms with Gasteiger partial charge in [0.05, 0.1) is 0 Å². The molecule has 28 rings (SSSR count). The minimum Gasteiger partial charge on any atom is -0.456 e. The predicted molar refractivity (Wildman–Crippen MR) is 593 cm³/mol. The van der Waals surface area contributed by atoms with Crippen LogP contribution in [0.25, 0.3) is 278 Å². The highest BCUT2D eigenvalue weighted by Crippen LogP contribution is 2.47. The maximum atomic E-state index is 6.39. The first-order chi connectivity index (χ1) is 71.8. The van der Waals surface area contributed by atoms with Gasteiger partial charge in [-0.1, -0.05) is 431 Å². The summed E-state index contributed by atoms with van der Waals surface area (Å²) in [5.41, 5.74) is 27.4. The molecule has 6 heterocycles. The van der Waals surface area contributed by atoms with Gasteiger partial charge in [0.1, 0.15) is 33.5 Å². The third-order valence-corrected chi connectivity index (χ3v) is 27.2. The molecular formula is C133H83N9O3. The summed E-state index contributed by atoms with van der Waals surface area (Å²) in [5.74, 6) is 5.73. The van der Waals surface area contributed by atoms with E-state index in [1.807, 2.05) is 121 Å². The standard InChI is InChI=1S/C45H27N3O.C45H29N3O.C43H27N3O/c1-3-11-30-25-33(19-17-28(30)9-1)43-46-44(34-20-18-29-10-2-4-12-31(29)26-34)48-45(47-43)39-23-22-35(36-13-5-6-14-37(36)39)32-21-24-42-40(27-32)38-15-7-8-16-41(38)49-42;1-4-12-30(13-5-1)32-20-24-35(25-21-32)44-46-43(34-16-8-3-9-17-34)47-45(48-44)36-26-22-33(23-27-36)39-28-37(31-14-6-2-7-15-31)29-41-42(39)38-18-10-11-19-40(38)49-41;1-3-12-28(13-4-1)29-22-24-31(25-23-29)42-44-41(30-14-5-2-6-15-30)45-43(46-42)36-27-26-34(32-16-7-8-17-33(32)36)35-19-11-21-39-40(35)37-18-9-10-20-38(37)47-39/h1-27H;1-29H;1-27H. The largest absolute Gasteiger partial charge is 0.456 e. The first kappa shape index (κ1) is 85.7. The second-order valence-electron chi connectivity index (χ2n) is 36.1. The van der Waals surface area contributed by atoms with E-state index in [1.54, 1.807) is 0 Å². The maximum Gasteiger partial charge on any atom is 0.164 e. The van der Waals surface area contributed by atoms with Crippen LogP contribution in [0.3, 0.4) is 0 Å².